The van der Waals surface area contributed by atoms with E-state index in [-0.39, 0.29) is 5.91 Å². The average Bonchev–Trinajstić information content (AvgIpc) is 3.21. The van der Waals surface area contributed by atoms with E-state index in [1.807, 2.05) is 53.4 Å². The van der Waals surface area contributed by atoms with Gasteiger partial charge < -0.3 is 19.7 Å². The topological polar surface area (TPSA) is 50.8 Å². The highest BCUT2D eigenvalue weighted by molar-refractivity contribution is 5.86. The van der Waals surface area contributed by atoms with Gasteiger partial charge in [-0.3, -0.25) is 4.79 Å². The van der Waals surface area contributed by atoms with Gasteiger partial charge in [0.15, 0.2) is 11.5 Å². The third kappa shape index (κ3) is 3.40. The molecule has 5 heteroatoms. The molecule has 2 heterocycles. The molecule has 0 aromatic heterocycles. The number of carbonyl (C=O) groups excluding carboxylic acids is 1. The minimum Gasteiger partial charge on any atom is -0.486 e. The number of fused-ring (bicyclic) bond motifs is 1. The van der Waals surface area contributed by atoms with Crippen LogP contribution in [0.5, 0.6) is 11.5 Å². The summed E-state index contributed by atoms with van der Waals surface area (Å²) in [5.74, 6) is 1.59. The Kier molecular flexibility index (Phi) is 4.46. The highest BCUT2D eigenvalue weighted by Crippen LogP contribution is 2.34. The zero-order valence-electron chi connectivity index (χ0n) is 14.1. The highest BCUT2D eigenvalue weighted by atomic mass is 16.6. The van der Waals surface area contributed by atoms with E-state index in [4.69, 9.17) is 9.47 Å². The monoisotopic (exact) mass is 338 g/mol. The number of rotatable bonds is 4. The number of carbonyl (C=O) groups is 1. The molecule has 0 unspecified atom stereocenters. The summed E-state index contributed by atoms with van der Waals surface area (Å²) < 4.78 is 11.2. The molecular formula is C20H22N2O3. The van der Waals surface area contributed by atoms with Crippen LogP contribution in [0.15, 0.2) is 48.5 Å². The second kappa shape index (κ2) is 7.05. The van der Waals surface area contributed by atoms with E-state index in [9.17, 15) is 4.79 Å². The van der Waals surface area contributed by atoms with Crippen molar-refractivity contribution in [2.75, 3.05) is 31.6 Å². The molecule has 2 aliphatic heterocycles. The molecule has 0 saturated carbocycles. The molecular weight excluding hydrogens is 316 g/mol. The minimum atomic E-state index is -0.401. The van der Waals surface area contributed by atoms with Crippen molar-refractivity contribution in [1.29, 1.82) is 0 Å². The summed E-state index contributed by atoms with van der Waals surface area (Å²) in [7, 11) is 0. The lowest BCUT2D eigenvalue weighted by atomic mass is 10.0. The van der Waals surface area contributed by atoms with E-state index in [2.05, 4.69) is 5.32 Å². The zero-order chi connectivity index (χ0) is 17.1. The first-order chi connectivity index (χ1) is 12.3. The van der Waals surface area contributed by atoms with Crippen molar-refractivity contribution < 1.29 is 14.3 Å². The first-order valence-electron chi connectivity index (χ1n) is 8.81. The number of nitrogens with one attached hydrogen (secondary N) is 1. The van der Waals surface area contributed by atoms with Gasteiger partial charge in [0.1, 0.15) is 19.3 Å². The number of ether oxygens (including phenoxy) is 2. The molecule has 130 valence electrons. The Bertz CT molecular complexity index is 742. The largest absolute Gasteiger partial charge is 0.486 e. The molecule has 1 fully saturated rings. The fourth-order valence-electron chi connectivity index (χ4n) is 3.35. The van der Waals surface area contributed by atoms with Crippen LogP contribution in [-0.4, -0.2) is 37.1 Å². The van der Waals surface area contributed by atoms with Crippen LogP contribution in [0.2, 0.25) is 0 Å². The summed E-state index contributed by atoms with van der Waals surface area (Å²) >= 11 is 0. The molecule has 2 aliphatic rings. The van der Waals surface area contributed by atoms with E-state index in [0.717, 1.165) is 48.7 Å². The Balaban J connectivity index is 1.61. The molecule has 1 saturated heterocycles. The van der Waals surface area contributed by atoms with Gasteiger partial charge >= 0.3 is 0 Å². The van der Waals surface area contributed by atoms with Gasteiger partial charge in [-0.25, -0.2) is 0 Å². The smallest absolute Gasteiger partial charge is 0.249 e. The fourth-order valence-corrected chi connectivity index (χ4v) is 3.35. The summed E-state index contributed by atoms with van der Waals surface area (Å²) in [5, 5.41) is 3.40. The molecule has 0 aliphatic carbocycles. The van der Waals surface area contributed by atoms with E-state index in [1.54, 1.807) is 0 Å². The van der Waals surface area contributed by atoms with Crippen molar-refractivity contribution in [3.8, 4) is 11.5 Å². The maximum absolute atomic E-state index is 13.0. The van der Waals surface area contributed by atoms with E-state index in [0.29, 0.717) is 13.2 Å². The van der Waals surface area contributed by atoms with E-state index >= 15 is 0 Å². The van der Waals surface area contributed by atoms with Crippen LogP contribution >= 0.6 is 0 Å². The van der Waals surface area contributed by atoms with Gasteiger partial charge in [-0.1, -0.05) is 30.3 Å². The first kappa shape index (κ1) is 15.8. The number of amides is 1. The van der Waals surface area contributed by atoms with Crippen molar-refractivity contribution in [1.82, 2.24) is 4.90 Å². The van der Waals surface area contributed by atoms with E-state index in [1.165, 1.54) is 0 Å². The number of hydrogen-bond donors (Lipinski definition) is 1. The lowest BCUT2D eigenvalue weighted by Gasteiger charge is -2.26. The standard InChI is InChI=1S/C20H22N2O3/c23-20(22-10-4-5-11-22)19(15-6-2-1-3-7-15)21-16-8-9-17-18(14-16)25-13-12-24-17/h1-3,6-9,14,19,21H,4-5,10-13H2/t19-/m1/s1. The molecule has 0 spiro atoms. The summed E-state index contributed by atoms with van der Waals surface area (Å²) in [6.07, 6.45) is 2.16. The van der Waals surface area contributed by atoms with Crippen LogP contribution in [-0.2, 0) is 4.79 Å². The number of nitrogens with zero attached hydrogens (tertiary/aromatic N) is 1. The average molecular weight is 338 g/mol. The molecule has 1 amide bonds. The van der Waals surface area contributed by atoms with Crippen LogP contribution < -0.4 is 14.8 Å². The van der Waals surface area contributed by atoms with Crippen molar-refractivity contribution in [3.63, 3.8) is 0 Å². The normalized spacial score (nSPS) is 17.2. The minimum absolute atomic E-state index is 0.124. The van der Waals surface area contributed by atoms with E-state index < -0.39 is 6.04 Å². The molecule has 1 atom stereocenters. The summed E-state index contributed by atoms with van der Waals surface area (Å²) in [6.45, 7) is 2.79. The lowest BCUT2D eigenvalue weighted by molar-refractivity contribution is -0.131. The lowest BCUT2D eigenvalue weighted by Crippen LogP contribution is -2.36. The Hall–Kier alpha value is -2.69. The zero-order valence-corrected chi connectivity index (χ0v) is 14.1. The van der Waals surface area contributed by atoms with Gasteiger partial charge in [0.2, 0.25) is 5.91 Å². The second-order valence-electron chi connectivity index (χ2n) is 6.38. The summed E-state index contributed by atoms with van der Waals surface area (Å²) in [6, 6.07) is 15.2. The van der Waals surface area contributed by atoms with Crippen LogP contribution in [0.4, 0.5) is 5.69 Å². The Labute approximate surface area is 147 Å². The molecule has 0 bridgehead atoms. The molecule has 25 heavy (non-hydrogen) atoms. The molecule has 4 rings (SSSR count). The van der Waals surface area contributed by atoms with Gasteiger partial charge in [-0.2, -0.15) is 0 Å². The molecule has 0 radical (unpaired) electrons. The predicted octanol–water partition coefficient (Wildman–Crippen LogP) is 3.23. The molecule has 2 aromatic carbocycles. The predicted molar refractivity (Wildman–Crippen MR) is 96.1 cm³/mol. The van der Waals surface area contributed by atoms with Gasteiger partial charge in [0.25, 0.3) is 0 Å². The summed E-state index contributed by atoms with van der Waals surface area (Å²) in [4.78, 5) is 15.0. The first-order valence-corrected chi connectivity index (χ1v) is 8.81. The number of likely N-dealkylation sites (tertiary alicyclic amines) is 1. The van der Waals surface area contributed by atoms with Crippen LogP contribution in [0.3, 0.4) is 0 Å². The highest BCUT2D eigenvalue weighted by Gasteiger charge is 2.28. The van der Waals surface area contributed by atoms with Gasteiger partial charge in [0.05, 0.1) is 0 Å². The molecule has 1 N–H and O–H groups in total. The SMILES string of the molecule is O=C([C@H](Nc1ccc2c(c1)OCCO2)c1ccccc1)N1CCCC1. The summed E-state index contributed by atoms with van der Waals surface area (Å²) in [5.41, 5.74) is 1.82. The van der Waals surface area contributed by atoms with Crippen LogP contribution in [0.1, 0.15) is 24.4 Å². The number of anilines is 1. The second-order valence-corrected chi connectivity index (χ2v) is 6.38. The van der Waals surface area contributed by atoms with Crippen molar-refractivity contribution in [2.45, 2.75) is 18.9 Å². The van der Waals surface area contributed by atoms with Crippen molar-refractivity contribution >= 4 is 11.6 Å². The molecule has 2 aromatic rings. The maximum atomic E-state index is 13.0. The maximum Gasteiger partial charge on any atom is 0.249 e. The van der Waals surface area contributed by atoms with Crippen LogP contribution in [0.25, 0.3) is 0 Å². The van der Waals surface area contributed by atoms with Gasteiger partial charge in [-0.05, 0) is 30.5 Å². The number of hydrogen-bond acceptors (Lipinski definition) is 4. The van der Waals surface area contributed by atoms with Crippen molar-refractivity contribution in [3.05, 3.63) is 54.1 Å². The third-order valence-corrected chi connectivity index (χ3v) is 4.65. The fraction of sp³-hybridized carbons (Fsp3) is 0.350. The van der Waals surface area contributed by atoms with Gasteiger partial charge in [-0.15, -0.1) is 0 Å². The number of benzene rings is 2. The Morgan fingerprint density at radius 2 is 1.68 bits per heavy atom. The van der Waals surface area contributed by atoms with Crippen molar-refractivity contribution in [2.24, 2.45) is 0 Å². The third-order valence-electron chi connectivity index (χ3n) is 4.65. The van der Waals surface area contributed by atoms with Crippen LogP contribution in [0, 0.1) is 0 Å². The molecule has 5 nitrogen and oxygen atoms in total. The van der Waals surface area contributed by atoms with Gasteiger partial charge in [0, 0.05) is 24.8 Å². The Morgan fingerprint density at radius 1 is 0.960 bits per heavy atom. The Morgan fingerprint density at radius 3 is 2.44 bits per heavy atom. The quantitative estimate of drug-likeness (QED) is 0.930.